The Balaban J connectivity index is 0.000000956. The smallest absolute Gasteiger partial charge is 0.223 e. The molecule has 2 aromatic rings. The van der Waals surface area contributed by atoms with Crippen LogP contribution in [0.15, 0.2) is 55.6 Å². The lowest BCUT2D eigenvalue weighted by atomic mass is 9.98. The predicted molar refractivity (Wildman–Crippen MR) is 86.8 cm³/mol. The van der Waals surface area contributed by atoms with E-state index in [1.807, 2.05) is 26.0 Å². The van der Waals surface area contributed by atoms with E-state index < -0.39 is 0 Å². The molecule has 0 aromatic heterocycles. The molecule has 106 valence electrons. The fraction of sp³-hybridized carbons (Fsp3) is 0.278. The van der Waals surface area contributed by atoms with E-state index in [-0.39, 0.29) is 11.8 Å². The van der Waals surface area contributed by atoms with Crippen molar-refractivity contribution >= 4 is 16.7 Å². The average molecular weight is 269 g/mol. The molecule has 2 heteroatoms. The molecule has 1 N–H and O–H groups in total. The number of carbonyl (C=O) groups excluding carboxylic acids is 1. The zero-order valence-corrected chi connectivity index (χ0v) is 12.4. The van der Waals surface area contributed by atoms with E-state index in [2.05, 4.69) is 48.8 Å². The molecule has 1 atom stereocenters. The summed E-state index contributed by atoms with van der Waals surface area (Å²) in [6.07, 6.45) is 0.788. The predicted octanol–water partition coefficient (Wildman–Crippen LogP) is 3.96. The third-order valence-corrected chi connectivity index (χ3v) is 3.15. The van der Waals surface area contributed by atoms with Gasteiger partial charge in [-0.05, 0) is 29.7 Å². The van der Waals surface area contributed by atoms with Crippen molar-refractivity contribution in [1.82, 2.24) is 5.32 Å². The highest BCUT2D eigenvalue weighted by atomic mass is 16.1. The molecule has 0 heterocycles. The third-order valence-electron chi connectivity index (χ3n) is 3.15. The zero-order valence-electron chi connectivity index (χ0n) is 12.4. The van der Waals surface area contributed by atoms with Crippen LogP contribution in [-0.2, 0) is 11.2 Å². The molecule has 2 nitrogen and oxygen atoms in total. The van der Waals surface area contributed by atoms with Crippen LogP contribution in [0, 0.1) is 5.92 Å². The maximum absolute atomic E-state index is 11.7. The Morgan fingerprint density at radius 3 is 2.45 bits per heavy atom. The van der Waals surface area contributed by atoms with Crippen LogP contribution in [0.2, 0.25) is 0 Å². The van der Waals surface area contributed by atoms with Gasteiger partial charge in [-0.2, -0.15) is 0 Å². The van der Waals surface area contributed by atoms with Crippen LogP contribution in [0.25, 0.3) is 10.8 Å². The van der Waals surface area contributed by atoms with E-state index in [0.29, 0.717) is 6.54 Å². The van der Waals surface area contributed by atoms with E-state index >= 15 is 0 Å². The Morgan fingerprint density at radius 1 is 1.15 bits per heavy atom. The highest BCUT2D eigenvalue weighted by Gasteiger charge is 2.12. The molecule has 0 aliphatic rings. The van der Waals surface area contributed by atoms with Crippen LogP contribution in [-0.4, -0.2) is 12.5 Å². The van der Waals surface area contributed by atoms with Gasteiger partial charge in [-0.25, -0.2) is 0 Å². The SMILES string of the molecule is C=C.CCNC(=O)C(C)Cc1ccc2ccccc2c1. The Labute approximate surface area is 121 Å². The summed E-state index contributed by atoms with van der Waals surface area (Å²) in [6.45, 7) is 10.6. The Bertz CT molecular complexity index is 562. The lowest BCUT2D eigenvalue weighted by Gasteiger charge is -2.11. The standard InChI is InChI=1S/C16H19NO.C2H4/c1-3-17-16(18)12(2)10-13-8-9-14-6-4-5-7-15(14)11-13;1-2/h4-9,11-12H,3,10H2,1-2H3,(H,17,18);1-2H2. The van der Waals surface area contributed by atoms with Gasteiger partial charge in [0.2, 0.25) is 5.91 Å². The molecule has 0 aliphatic heterocycles. The van der Waals surface area contributed by atoms with Crippen LogP contribution >= 0.6 is 0 Å². The van der Waals surface area contributed by atoms with Crippen molar-refractivity contribution in [2.75, 3.05) is 6.54 Å². The Morgan fingerprint density at radius 2 is 1.80 bits per heavy atom. The lowest BCUT2D eigenvalue weighted by molar-refractivity contribution is -0.124. The number of rotatable bonds is 4. The van der Waals surface area contributed by atoms with Crippen molar-refractivity contribution in [3.05, 3.63) is 61.2 Å². The van der Waals surface area contributed by atoms with E-state index in [1.165, 1.54) is 16.3 Å². The second kappa shape index (κ2) is 8.16. The molecular formula is C18H23NO. The Hall–Kier alpha value is -2.09. The molecule has 1 unspecified atom stereocenters. The topological polar surface area (TPSA) is 29.1 Å². The molecule has 0 fully saturated rings. The number of amides is 1. The molecule has 0 spiro atoms. The van der Waals surface area contributed by atoms with Gasteiger partial charge in [0.05, 0.1) is 0 Å². The number of benzene rings is 2. The molecule has 2 aromatic carbocycles. The van der Waals surface area contributed by atoms with Crippen LogP contribution < -0.4 is 5.32 Å². The Kier molecular flexibility index (Phi) is 6.51. The van der Waals surface area contributed by atoms with Crippen molar-refractivity contribution in [3.8, 4) is 0 Å². The minimum atomic E-state index is 0.0195. The molecule has 20 heavy (non-hydrogen) atoms. The number of carbonyl (C=O) groups is 1. The normalized spacial score (nSPS) is 11.3. The number of hydrogen-bond donors (Lipinski definition) is 1. The summed E-state index contributed by atoms with van der Waals surface area (Å²) in [4.78, 5) is 11.7. The maximum Gasteiger partial charge on any atom is 0.223 e. The molecule has 2 rings (SSSR count). The van der Waals surface area contributed by atoms with Crippen molar-refractivity contribution in [2.45, 2.75) is 20.3 Å². The van der Waals surface area contributed by atoms with Gasteiger partial charge in [0.15, 0.2) is 0 Å². The first-order valence-corrected chi connectivity index (χ1v) is 6.96. The van der Waals surface area contributed by atoms with Crippen molar-refractivity contribution in [3.63, 3.8) is 0 Å². The molecule has 0 radical (unpaired) electrons. The lowest BCUT2D eigenvalue weighted by Crippen LogP contribution is -2.29. The summed E-state index contributed by atoms with van der Waals surface area (Å²) in [7, 11) is 0. The van der Waals surface area contributed by atoms with Crippen LogP contribution in [0.5, 0.6) is 0 Å². The molecule has 0 saturated heterocycles. The summed E-state index contributed by atoms with van der Waals surface area (Å²) in [5.41, 5.74) is 1.22. The molecule has 0 saturated carbocycles. The van der Waals surface area contributed by atoms with Crippen molar-refractivity contribution < 1.29 is 4.79 Å². The first kappa shape index (κ1) is 16.0. The monoisotopic (exact) mass is 269 g/mol. The van der Waals surface area contributed by atoms with E-state index in [0.717, 1.165) is 6.42 Å². The van der Waals surface area contributed by atoms with Crippen molar-refractivity contribution in [2.24, 2.45) is 5.92 Å². The van der Waals surface area contributed by atoms with Gasteiger partial charge in [-0.1, -0.05) is 49.4 Å². The van der Waals surface area contributed by atoms with Crippen LogP contribution in [0.1, 0.15) is 19.4 Å². The van der Waals surface area contributed by atoms with Crippen LogP contribution in [0.4, 0.5) is 0 Å². The van der Waals surface area contributed by atoms with E-state index in [1.54, 1.807) is 0 Å². The zero-order chi connectivity index (χ0) is 15.0. The number of nitrogens with one attached hydrogen (secondary N) is 1. The van der Waals surface area contributed by atoms with E-state index in [4.69, 9.17) is 0 Å². The summed E-state index contributed by atoms with van der Waals surface area (Å²) < 4.78 is 0. The average Bonchev–Trinajstić information content (AvgIpc) is 2.49. The highest BCUT2D eigenvalue weighted by Crippen LogP contribution is 2.18. The second-order valence-corrected chi connectivity index (χ2v) is 4.68. The van der Waals surface area contributed by atoms with E-state index in [9.17, 15) is 4.79 Å². The third kappa shape index (κ3) is 4.23. The van der Waals surface area contributed by atoms with Gasteiger partial charge in [-0.3, -0.25) is 4.79 Å². The molecule has 1 amide bonds. The molecule has 0 aliphatic carbocycles. The number of hydrogen-bond acceptors (Lipinski definition) is 1. The summed E-state index contributed by atoms with van der Waals surface area (Å²) >= 11 is 0. The van der Waals surface area contributed by atoms with Gasteiger partial charge in [-0.15, -0.1) is 13.2 Å². The minimum absolute atomic E-state index is 0.0195. The van der Waals surface area contributed by atoms with Gasteiger partial charge < -0.3 is 5.32 Å². The van der Waals surface area contributed by atoms with Gasteiger partial charge >= 0.3 is 0 Å². The summed E-state index contributed by atoms with van der Waals surface area (Å²) in [5, 5.41) is 5.34. The summed E-state index contributed by atoms with van der Waals surface area (Å²) in [6, 6.07) is 14.7. The first-order valence-electron chi connectivity index (χ1n) is 6.96. The first-order chi connectivity index (χ1) is 9.70. The molecular weight excluding hydrogens is 246 g/mol. The number of fused-ring (bicyclic) bond motifs is 1. The second-order valence-electron chi connectivity index (χ2n) is 4.68. The largest absolute Gasteiger partial charge is 0.356 e. The van der Waals surface area contributed by atoms with Gasteiger partial charge in [0.25, 0.3) is 0 Å². The minimum Gasteiger partial charge on any atom is -0.356 e. The fourth-order valence-electron chi connectivity index (χ4n) is 2.16. The van der Waals surface area contributed by atoms with Crippen molar-refractivity contribution in [1.29, 1.82) is 0 Å². The quantitative estimate of drug-likeness (QED) is 0.836. The summed E-state index contributed by atoms with van der Waals surface area (Å²) in [5.74, 6) is 0.150. The maximum atomic E-state index is 11.7. The van der Waals surface area contributed by atoms with Crippen LogP contribution in [0.3, 0.4) is 0 Å². The fourth-order valence-corrected chi connectivity index (χ4v) is 2.16. The molecule has 0 bridgehead atoms. The highest BCUT2D eigenvalue weighted by molar-refractivity contribution is 5.83. The van der Waals surface area contributed by atoms with Gasteiger partial charge in [0, 0.05) is 12.5 Å². The van der Waals surface area contributed by atoms with Gasteiger partial charge in [0.1, 0.15) is 0 Å².